The third kappa shape index (κ3) is 2.55. The van der Waals surface area contributed by atoms with Crippen molar-refractivity contribution in [1.29, 1.82) is 0 Å². The molecule has 1 fully saturated rings. The molecule has 2 heteroatoms. The fourth-order valence-corrected chi connectivity index (χ4v) is 2.65. The molecule has 2 aromatic carbocycles. The summed E-state index contributed by atoms with van der Waals surface area (Å²) in [5.41, 5.74) is 1.44. The Morgan fingerprint density at radius 1 is 1.11 bits per heavy atom. The summed E-state index contributed by atoms with van der Waals surface area (Å²) >= 11 is 0. The van der Waals surface area contributed by atoms with E-state index in [1.165, 1.54) is 16.3 Å². The van der Waals surface area contributed by atoms with Crippen LogP contribution in [0, 0.1) is 0 Å². The topological polar surface area (TPSA) is 21.3 Å². The van der Waals surface area contributed by atoms with Crippen LogP contribution in [-0.4, -0.2) is 25.8 Å². The average Bonchev–Trinajstić information content (AvgIpc) is 2.46. The first-order valence-electron chi connectivity index (χ1n) is 6.71. The van der Waals surface area contributed by atoms with Gasteiger partial charge in [0.15, 0.2) is 0 Å². The van der Waals surface area contributed by atoms with Gasteiger partial charge in [0.1, 0.15) is 0 Å². The lowest BCUT2D eigenvalue weighted by atomic mass is 9.99. The number of ether oxygens (including phenoxy) is 1. The average molecular weight is 241 g/mol. The minimum atomic E-state index is 0.512. The van der Waals surface area contributed by atoms with Crippen molar-refractivity contribution in [3.05, 3.63) is 48.0 Å². The van der Waals surface area contributed by atoms with Crippen molar-refractivity contribution in [3.63, 3.8) is 0 Å². The highest BCUT2D eigenvalue weighted by molar-refractivity contribution is 5.85. The van der Waals surface area contributed by atoms with E-state index in [-0.39, 0.29) is 0 Å². The Bertz CT molecular complexity index is 512. The molecule has 18 heavy (non-hydrogen) atoms. The van der Waals surface area contributed by atoms with Crippen LogP contribution in [-0.2, 0) is 11.2 Å². The van der Waals surface area contributed by atoms with Gasteiger partial charge in [-0.05, 0) is 29.2 Å². The molecule has 1 aliphatic heterocycles. The van der Waals surface area contributed by atoms with Gasteiger partial charge in [-0.15, -0.1) is 0 Å². The molecular formula is C16H19NO. The molecule has 2 nitrogen and oxygen atoms in total. The standard InChI is InChI=1S/C16H19NO/c1-2-7-16-13(4-1)5-3-6-14(16)8-9-15-12-18-11-10-17-15/h1-7,15,17H,8-12H2. The van der Waals surface area contributed by atoms with Gasteiger partial charge in [-0.1, -0.05) is 42.5 Å². The molecule has 0 aliphatic carbocycles. The molecule has 0 aromatic heterocycles. The molecular weight excluding hydrogens is 222 g/mol. The van der Waals surface area contributed by atoms with E-state index in [1.807, 2.05) is 0 Å². The highest BCUT2D eigenvalue weighted by Gasteiger charge is 2.13. The smallest absolute Gasteiger partial charge is 0.0620 e. The number of fused-ring (bicyclic) bond motifs is 1. The van der Waals surface area contributed by atoms with E-state index in [4.69, 9.17) is 4.74 Å². The normalized spacial score (nSPS) is 20.1. The van der Waals surface area contributed by atoms with Crippen molar-refractivity contribution in [2.24, 2.45) is 0 Å². The lowest BCUT2D eigenvalue weighted by Crippen LogP contribution is -2.41. The second-order valence-electron chi connectivity index (χ2n) is 4.90. The second-order valence-corrected chi connectivity index (χ2v) is 4.90. The Kier molecular flexibility index (Phi) is 3.58. The summed E-state index contributed by atoms with van der Waals surface area (Å²) in [6.45, 7) is 2.69. The van der Waals surface area contributed by atoms with Crippen LogP contribution >= 0.6 is 0 Å². The Morgan fingerprint density at radius 3 is 2.89 bits per heavy atom. The van der Waals surface area contributed by atoms with Crippen LogP contribution in [0.4, 0.5) is 0 Å². The third-order valence-corrected chi connectivity index (χ3v) is 3.64. The molecule has 0 amide bonds. The molecule has 1 heterocycles. The van der Waals surface area contributed by atoms with Crippen LogP contribution in [0.5, 0.6) is 0 Å². The summed E-state index contributed by atoms with van der Waals surface area (Å²) in [6, 6.07) is 15.7. The zero-order valence-corrected chi connectivity index (χ0v) is 10.6. The second kappa shape index (κ2) is 5.51. The van der Waals surface area contributed by atoms with E-state index in [1.54, 1.807) is 0 Å². The van der Waals surface area contributed by atoms with E-state index < -0.39 is 0 Å². The molecule has 0 radical (unpaired) electrons. The number of morpholine rings is 1. The zero-order chi connectivity index (χ0) is 12.2. The summed E-state index contributed by atoms with van der Waals surface area (Å²) in [7, 11) is 0. The molecule has 1 aliphatic rings. The predicted octanol–water partition coefficient (Wildman–Crippen LogP) is 2.76. The van der Waals surface area contributed by atoms with Crippen LogP contribution in [0.3, 0.4) is 0 Å². The minimum Gasteiger partial charge on any atom is -0.379 e. The summed E-state index contributed by atoms with van der Waals surface area (Å²) in [5.74, 6) is 0. The first kappa shape index (κ1) is 11.7. The SMILES string of the molecule is c1ccc2c(CCC3COCCN3)cccc2c1. The molecule has 0 spiro atoms. The predicted molar refractivity (Wildman–Crippen MR) is 74.9 cm³/mol. The van der Waals surface area contributed by atoms with E-state index in [9.17, 15) is 0 Å². The molecule has 3 rings (SSSR count). The van der Waals surface area contributed by atoms with Gasteiger partial charge in [0.25, 0.3) is 0 Å². The lowest BCUT2D eigenvalue weighted by Gasteiger charge is -2.23. The fourth-order valence-electron chi connectivity index (χ4n) is 2.65. The number of aryl methyl sites for hydroxylation is 1. The van der Waals surface area contributed by atoms with Crippen LogP contribution in [0.1, 0.15) is 12.0 Å². The molecule has 0 saturated carbocycles. The molecule has 0 bridgehead atoms. The molecule has 1 N–H and O–H groups in total. The van der Waals surface area contributed by atoms with Gasteiger partial charge in [-0.3, -0.25) is 0 Å². The van der Waals surface area contributed by atoms with Crippen molar-refractivity contribution in [3.8, 4) is 0 Å². The van der Waals surface area contributed by atoms with Gasteiger partial charge < -0.3 is 10.1 Å². The Balaban J connectivity index is 1.74. The number of nitrogens with one attached hydrogen (secondary N) is 1. The maximum absolute atomic E-state index is 5.50. The Labute approximate surface area is 108 Å². The fraction of sp³-hybridized carbons (Fsp3) is 0.375. The highest BCUT2D eigenvalue weighted by Crippen LogP contribution is 2.20. The van der Waals surface area contributed by atoms with Gasteiger partial charge in [-0.2, -0.15) is 0 Å². The number of rotatable bonds is 3. The van der Waals surface area contributed by atoms with Gasteiger partial charge in [0.05, 0.1) is 13.2 Å². The van der Waals surface area contributed by atoms with Crippen molar-refractivity contribution in [2.45, 2.75) is 18.9 Å². The summed E-state index contributed by atoms with van der Waals surface area (Å²) < 4.78 is 5.50. The Hall–Kier alpha value is -1.38. The van der Waals surface area contributed by atoms with Gasteiger partial charge in [0, 0.05) is 12.6 Å². The lowest BCUT2D eigenvalue weighted by molar-refractivity contribution is 0.0744. The maximum atomic E-state index is 5.50. The highest BCUT2D eigenvalue weighted by atomic mass is 16.5. The van der Waals surface area contributed by atoms with Gasteiger partial charge >= 0.3 is 0 Å². The first-order chi connectivity index (χ1) is 8.93. The van der Waals surface area contributed by atoms with E-state index in [2.05, 4.69) is 47.8 Å². The van der Waals surface area contributed by atoms with Crippen LogP contribution in [0.25, 0.3) is 10.8 Å². The molecule has 1 atom stereocenters. The van der Waals surface area contributed by atoms with Gasteiger partial charge in [-0.25, -0.2) is 0 Å². The largest absolute Gasteiger partial charge is 0.379 e. The summed E-state index contributed by atoms with van der Waals surface area (Å²) in [5, 5.41) is 6.23. The number of hydrogen-bond acceptors (Lipinski definition) is 2. The van der Waals surface area contributed by atoms with Crippen molar-refractivity contribution >= 4 is 10.8 Å². The summed E-state index contributed by atoms with van der Waals surface area (Å²) in [6.07, 6.45) is 2.26. The van der Waals surface area contributed by atoms with Crippen molar-refractivity contribution < 1.29 is 4.74 Å². The molecule has 1 saturated heterocycles. The monoisotopic (exact) mass is 241 g/mol. The van der Waals surface area contributed by atoms with E-state index >= 15 is 0 Å². The maximum Gasteiger partial charge on any atom is 0.0620 e. The third-order valence-electron chi connectivity index (χ3n) is 3.64. The van der Waals surface area contributed by atoms with E-state index in [0.717, 1.165) is 32.6 Å². The number of hydrogen-bond donors (Lipinski definition) is 1. The summed E-state index contributed by atoms with van der Waals surface area (Å²) in [4.78, 5) is 0. The van der Waals surface area contributed by atoms with Crippen molar-refractivity contribution in [1.82, 2.24) is 5.32 Å². The first-order valence-corrected chi connectivity index (χ1v) is 6.71. The van der Waals surface area contributed by atoms with Crippen LogP contribution in [0.2, 0.25) is 0 Å². The number of benzene rings is 2. The Morgan fingerprint density at radius 2 is 2.00 bits per heavy atom. The molecule has 94 valence electrons. The van der Waals surface area contributed by atoms with E-state index in [0.29, 0.717) is 6.04 Å². The molecule has 2 aromatic rings. The zero-order valence-electron chi connectivity index (χ0n) is 10.6. The quantitative estimate of drug-likeness (QED) is 0.892. The van der Waals surface area contributed by atoms with Gasteiger partial charge in [0.2, 0.25) is 0 Å². The van der Waals surface area contributed by atoms with Crippen LogP contribution in [0.15, 0.2) is 42.5 Å². The molecule has 1 unspecified atom stereocenters. The minimum absolute atomic E-state index is 0.512. The van der Waals surface area contributed by atoms with Crippen LogP contribution < -0.4 is 5.32 Å². The van der Waals surface area contributed by atoms with Crippen molar-refractivity contribution in [2.75, 3.05) is 19.8 Å².